The van der Waals surface area contributed by atoms with Gasteiger partial charge in [-0.25, -0.2) is 0 Å². The molecule has 0 aromatic heterocycles. The Morgan fingerprint density at radius 3 is 2.71 bits per heavy atom. The molecule has 1 aromatic rings. The number of hydrogen-bond acceptors (Lipinski definition) is 3. The van der Waals surface area contributed by atoms with Gasteiger partial charge in [0.1, 0.15) is 0 Å². The Morgan fingerprint density at radius 2 is 2.12 bits per heavy atom. The predicted molar refractivity (Wildman–Crippen MR) is 68.8 cm³/mol. The third kappa shape index (κ3) is 4.54. The molecule has 0 unspecified atom stereocenters. The molecule has 0 spiro atoms. The molecule has 0 radical (unpaired) electrons. The van der Waals surface area contributed by atoms with Crippen molar-refractivity contribution >= 4 is 11.6 Å². The van der Waals surface area contributed by atoms with Gasteiger partial charge in [-0.2, -0.15) is 0 Å². The Morgan fingerprint density at radius 1 is 1.41 bits per heavy atom. The maximum absolute atomic E-state index is 11.0. The second-order valence-electron chi connectivity index (χ2n) is 4.01. The molecule has 0 fully saturated rings. The number of carbonyl (C=O) groups is 1. The lowest BCUT2D eigenvalue weighted by molar-refractivity contribution is -0.114. The zero-order valence-corrected chi connectivity index (χ0v) is 10.4. The average Bonchev–Trinajstić information content (AvgIpc) is 2.31. The van der Waals surface area contributed by atoms with E-state index in [0.717, 1.165) is 17.7 Å². The van der Waals surface area contributed by atoms with Crippen LogP contribution in [0.4, 0.5) is 5.69 Å². The van der Waals surface area contributed by atoms with Gasteiger partial charge in [0.05, 0.1) is 6.61 Å². The summed E-state index contributed by atoms with van der Waals surface area (Å²) >= 11 is 0. The number of para-hydroxylation sites is 1. The molecule has 1 atom stereocenters. The molecule has 1 amide bonds. The Kier molecular flexibility index (Phi) is 5.66. The maximum Gasteiger partial charge on any atom is 0.221 e. The van der Waals surface area contributed by atoms with E-state index >= 15 is 0 Å². The lowest BCUT2D eigenvalue weighted by atomic mass is 10.1. The monoisotopic (exact) mass is 236 g/mol. The van der Waals surface area contributed by atoms with Crippen LogP contribution in [0.25, 0.3) is 0 Å². The van der Waals surface area contributed by atoms with Crippen LogP contribution in [-0.4, -0.2) is 23.7 Å². The second kappa shape index (κ2) is 7.04. The Hall–Kier alpha value is -1.39. The van der Waals surface area contributed by atoms with Gasteiger partial charge in [-0.1, -0.05) is 25.1 Å². The molecular weight excluding hydrogens is 216 g/mol. The predicted octanol–water partition coefficient (Wildman–Crippen LogP) is 1.51. The molecule has 4 nitrogen and oxygen atoms in total. The smallest absolute Gasteiger partial charge is 0.221 e. The summed E-state index contributed by atoms with van der Waals surface area (Å²) < 4.78 is 0. The van der Waals surface area contributed by atoms with Crippen molar-refractivity contribution in [3.63, 3.8) is 0 Å². The van der Waals surface area contributed by atoms with E-state index < -0.39 is 0 Å². The number of carbonyl (C=O) groups excluding carboxylic acids is 1. The third-order valence-corrected chi connectivity index (χ3v) is 2.62. The first kappa shape index (κ1) is 13.7. The number of aliphatic hydroxyl groups is 1. The summed E-state index contributed by atoms with van der Waals surface area (Å²) in [6.45, 7) is 4.27. The first-order valence-electron chi connectivity index (χ1n) is 5.87. The lowest BCUT2D eigenvalue weighted by Gasteiger charge is -2.16. The minimum atomic E-state index is -0.0772. The molecule has 0 aliphatic carbocycles. The molecule has 1 aromatic carbocycles. The second-order valence-corrected chi connectivity index (χ2v) is 4.01. The first-order chi connectivity index (χ1) is 8.17. The summed E-state index contributed by atoms with van der Waals surface area (Å²) in [6, 6.07) is 7.75. The Bertz CT molecular complexity index is 362. The van der Waals surface area contributed by atoms with Gasteiger partial charge in [-0.3, -0.25) is 4.79 Å². The highest BCUT2D eigenvalue weighted by atomic mass is 16.3. The number of anilines is 1. The van der Waals surface area contributed by atoms with Crippen molar-refractivity contribution in [2.24, 2.45) is 0 Å². The van der Waals surface area contributed by atoms with Crippen molar-refractivity contribution in [3.05, 3.63) is 29.8 Å². The SMILES string of the molecule is CC[C@H](CO)NCc1ccccc1NC(C)=O. The maximum atomic E-state index is 11.0. The molecular formula is C13H20N2O2. The minimum Gasteiger partial charge on any atom is -0.395 e. The molecule has 0 bridgehead atoms. The highest BCUT2D eigenvalue weighted by molar-refractivity contribution is 5.89. The first-order valence-corrected chi connectivity index (χ1v) is 5.87. The van der Waals surface area contributed by atoms with Crippen LogP contribution in [-0.2, 0) is 11.3 Å². The number of rotatable bonds is 6. The molecule has 0 saturated heterocycles. The lowest BCUT2D eigenvalue weighted by Crippen LogP contribution is -2.31. The van der Waals surface area contributed by atoms with Crippen molar-refractivity contribution in [3.8, 4) is 0 Å². The van der Waals surface area contributed by atoms with Gasteiger partial charge in [-0.15, -0.1) is 0 Å². The van der Waals surface area contributed by atoms with Crippen molar-refractivity contribution < 1.29 is 9.90 Å². The summed E-state index contributed by atoms with van der Waals surface area (Å²) in [5.74, 6) is -0.0772. The van der Waals surface area contributed by atoms with Crippen LogP contribution in [0.15, 0.2) is 24.3 Å². The van der Waals surface area contributed by atoms with Crippen LogP contribution in [0, 0.1) is 0 Å². The Labute approximate surface area is 102 Å². The fourth-order valence-corrected chi connectivity index (χ4v) is 1.58. The third-order valence-electron chi connectivity index (χ3n) is 2.62. The highest BCUT2D eigenvalue weighted by Crippen LogP contribution is 2.14. The van der Waals surface area contributed by atoms with E-state index in [-0.39, 0.29) is 18.6 Å². The quantitative estimate of drug-likeness (QED) is 0.701. The van der Waals surface area contributed by atoms with Crippen LogP contribution < -0.4 is 10.6 Å². The molecule has 0 aliphatic heterocycles. The number of benzene rings is 1. The molecule has 0 aliphatic rings. The Balaban J connectivity index is 2.66. The van der Waals surface area contributed by atoms with Gasteiger partial charge in [0.2, 0.25) is 5.91 Å². The number of aliphatic hydroxyl groups excluding tert-OH is 1. The van der Waals surface area contributed by atoms with Crippen LogP contribution in [0.2, 0.25) is 0 Å². The van der Waals surface area contributed by atoms with Gasteiger partial charge in [0, 0.05) is 25.2 Å². The summed E-state index contributed by atoms with van der Waals surface area (Å²) in [5.41, 5.74) is 1.84. The van der Waals surface area contributed by atoms with Crippen molar-refractivity contribution in [2.45, 2.75) is 32.9 Å². The van der Waals surface area contributed by atoms with Crippen molar-refractivity contribution in [2.75, 3.05) is 11.9 Å². The van der Waals surface area contributed by atoms with Gasteiger partial charge in [-0.05, 0) is 18.1 Å². The topological polar surface area (TPSA) is 61.4 Å². The van der Waals surface area contributed by atoms with Crippen LogP contribution >= 0.6 is 0 Å². The highest BCUT2D eigenvalue weighted by Gasteiger charge is 2.06. The van der Waals surface area contributed by atoms with Crippen LogP contribution in [0.1, 0.15) is 25.8 Å². The number of nitrogens with one attached hydrogen (secondary N) is 2. The summed E-state index contributed by atoms with van der Waals surface area (Å²) in [6.07, 6.45) is 0.874. The standard InChI is InChI=1S/C13H20N2O2/c1-3-12(9-16)14-8-11-6-4-5-7-13(11)15-10(2)17/h4-7,12,14,16H,3,8-9H2,1-2H3,(H,15,17)/t12-/m1/s1. The molecule has 0 saturated carbocycles. The van der Waals surface area contributed by atoms with E-state index in [4.69, 9.17) is 5.11 Å². The molecule has 3 N–H and O–H groups in total. The van der Waals surface area contributed by atoms with E-state index in [9.17, 15) is 4.79 Å². The molecule has 4 heteroatoms. The zero-order valence-electron chi connectivity index (χ0n) is 10.4. The van der Waals surface area contributed by atoms with Gasteiger partial charge in [0.25, 0.3) is 0 Å². The average molecular weight is 236 g/mol. The van der Waals surface area contributed by atoms with E-state index in [1.165, 1.54) is 6.92 Å². The number of hydrogen-bond donors (Lipinski definition) is 3. The zero-order chi connectivity index (χ0) is 12.7. The molecule has 1 rings (SSSR count). The fourth-order valence-electron chi connectivity index (χ4n) is 1.58. The van der Waals surface area contributed by atoms with Gasteiger partial charge < -0.3 is 15.7 Å². The summed E-state index contributed by atoms with van der Waals surface area (Å²) in [4.78, 5) is 11.0. The summed E-state index contributed by atoms with van der Waals surface area (Å²) in [5, 5.41) is 15.1. The van der Waals surface area contributed by atoms with Crippen LogP contribution in [0.3, 0.4) is 0 Å². The van der Waals surface area contributed by atoms with Crippen molar-refractivity contribution in [1.82, 2.24) is 5.32 Å². The molecule has 94 valence electrons. The van der Waals surface area contributed by atoms with E-state index in [2.05, 4.69) is 10.6 Å². The largest absolute Gasteiger partial charge is 0.395 e. The van der Waals surface area contributed by atoms with E-state index in [1.807, 2.05) is 31.2 Å². The van der Waals surface area contributed by atoms with E-state index in [0.29, 0.717) is 6.54 Å². The minimum absolute atomic E-state index is 0.0772. The van der Waals surface area contributed by atoms with Crippen LogP contribution in [0.5, 0.6) is 0 Å². The van der Waals surface area contributed by atoms with E-state index in [1.54, 1.807) is 0 Å². The number of amides is 1. The molecule has 17 heavy (non-hydrogen) atoms. The van der Waals surface area contributed by atoms with Gasteiger partial charge >= 0.3 is 0 Å². The molecule has 0 heterocycles. The van der Waals surface area contributed by atoms with Crippen molar-refractivity contribution in [1.29, 1.82) is 0 Å². The fraction of sp³-hybridized carbons (Fsp3) is 0.462. The summed E-state index contributed by atoms with van der Waals surface area (Å²) in [7, 11) is 0. The van der Waals surface area contributed by atoms with Gasteiger partial charge in [0.15, 0.2) is 0 Å². The normalized spacial score (nSPS) is 12.2.